The van der Waals surface area contributed by atoms with Crippen LogP contribution in [0.1, 0.15) is 13.3 Å². The Morgan fingerprint density at radius 3 is 3.12 bits per heavy atom. The van der Waals surface area contributed by atoms with Crippen LogP contribution < -0.4 is 10.5 Å². The molecule has 2 heterocycles. The van der Waals surface area contributed by atoms with Crippen molar-refractivity contribution in [1.82, 2.24) is 9.97 Å². The van der Waals surface area contributed by atoms with Crippen LogP contribution in [0, 0.1) is 5.92 Å². The van der Waals surface area contributed by atoms with Crippen LogP contribution in [0.25, 0.3) is 0 Å². The second-order valence-electron chi connectivity index (χ2n) is 4.36. The van der Waals surface area contributed by atoms with Gasteiger partial charge >= 0.3 is 0 Å². The molecule has 2 atom stereocenters. The minimum Gasteiger partial charge on any atom is -0.379 e. The summed E-state index contributed by atoms with van der Waals surface area (Å²) in [5.41, 5.74) is -0.150. The normalized spacial score (nSPS) is 25.0. The van der Waals surface area contributed by atoms with Gasteiger partial charge in [-0.3, -0.25) is 4.79 Å². The number of rotatable bonds is 2. The maximum absolute atomic E-state index is 11.5. The number of halogens is 1. The molecular formula is C11H16BrN3O2. The molecule has 0 aromatic carbocycles. The number of nitrogens with one attached hydrogen (secondary N) is 1. The zero-order chi connectivity index (χ0) is 12.4. The number of anilines is 1. The van der Waals surface area contributed by atoms with E-state index in [0.29, 0.717) is 16.2 Å². The van der Waals surface area contributed by atoms with Crippen molar-refractivity contribution in [3.8, 4) is 0 Å². The average Bonchev–Trinajstić information content (AvgIpc) is 2.34. The molecule has 2 unspecified atom stereocenters. The van der Waals surface area contributed by atoms with E-state index in [-0.39, 0.29) is 11.7 Å². The summed E-state index contributed by atoms with van der Waals surface area (Å²) in [6.07, 6.45) is 2.67. The van der Waals surface area contributed by atoms with Crippen molar-refractivity contribution in [1.29, 1.82) is 0 Å². The van der Waals surface area contributed by atoms with E-state index in [1.54, 1.807) is 7.11 Å². The van der Waals surface area contributed by atoms with E-state index in [1.165, 1.54) is 6.33 Å². The Morgan fingerprint density at radius 1 is 1.65 bits per heavy atom. The Bertz CT molecular complexity index is 449. The maximum Gasteiger partial charge on any atom is 0.267 e. The Balaban J connectivity index is 2.23. The van der Waals surface area contributed by atoms with Crippen LogP contribution in [-0.2, 0) is 4.74 Å². The fourth-order valence-electron chi connectivity index (χ4n) is 2.13. The van der Waals surface area contributed by atoms with E-state index >= 15 is 0 Å². The molecule has 6 heteroatoms. The third-order valence-electron chi connectivity index (χ3n) is 3.27. The number of hydrogen-bond acceptors (Lipinski definition) is 4. The van der Waals surface area contributed by atoms with Crippen LogP contribution in [0.4, 0.5) is 5.82 Å². The summed E-state index contributed by atoms with van der Waals surface area (Å²) in [4.78, 5) is 20.4. The zero-order valence-corrected chi connectivity index (χ0v) is 11.5. The number of hydrogen-bond donors (Lipinski definition) is 1. The highest BCUT2D eigenvalue weighted by Crippen LogP contribution is 2.26. The zero-order valence-electron chi connectivity index (χ0n) is 9.94. The summed E-state index contributed by atoms with van der Waals surface area (Å²) in [6.45, 7) is 3.86. The second kappa shape index (κ2) is 5.18. The predicted octanol–water partition coefficient (Wildman–Crippen LogP) is 1.39. The topological polar surface area (TPSA) is 58.2 Å². The van der Waals surface area contributed by atoms with E-state index in [2.05, 4.69) is 37.7 Å². The lowest BCUT2D eigenvalue weighted by molar-refractivity contribution is 0.0496. The minimum absolute atomic E-state index is 0.150. The first-order valence-electron chi connectivity index (χ1n) is 5.64. The highest BCUT2D eigenvalue weighted by molar-refractivity contribution is 9.10. The molecule has 1 aromatic rings. The average molecular weight is 302 g/mol. The van der Waals surface area contributed by atoms with Crippen LogP contribution in [0.2, 0.25) is 0 Å². The van der Waals surface area contributed by atoms with Crippen molar-refractivity contribution in [3.63, 3.8) is 0 Å². The lowest BCUT2D eigenvalue weighted by Gasteiger charge is -2.37. The molecule has 1 aliphatic rings. The summed E-state index contributed by atoms with van der Waals surface area (Å²) in [5.74, 6) is 1.24. The molecule has 0 bridgehead atoms. The first-order chi connectivity index (χ1) is 8.13. The molecule has 0 amide bonds. The molecule has 0 spiro atoms. The third-order valence-corrected chi connectivity index (χ3v) is 3.98. The van der Waals surface area contributed by atoms with Gasteiger partial charge in [-0.1, -0.05) is 6.92 Å². The monoisotopic (exact) mass is 301 g/mol. The maximum atomic E-state index is 11.5. The van der Waals surface area contributed by atoms with Gasteiger partial charge in [-0.05, 0) is 28.3 Å². The number of methoxy groups -OCH3 is 1. The van der Waals surface area contributed by atoms with Gasteiger partial charge in [0.2, 0.25) is 0 Å². The fraction of sp³-hybridized carbons (Fsp3) is 0.636. The van der Waals surface area contributed by atoms with Gasteiger partial charge < -0.3 is 14.6 Å². The molecule has 1 aliphatic heterocycles. The summed E-state index contributed by atoms with van der Waals surface area (Å²) in [7, 11) is 1.73. The molecule has 17 heavy (non-hydrogen) atoms. The van der Waals surface area contributed by atoms with Crippen LogP contribution in [0.5, 0.6) is 0 Å². The van der Waals surface area contributed by atoms with Crippen LogP contribution in [-0.4, -0.2) is 36.3 Å². The standard InChI is InChI=1S/C11H16BrN3O2/c1-7-3-4-15(5-8(7)17-2)10-9(12)11(16)14-6-13-10/h6-8H,3-5H2,1-2H3,(H,13,14,16). The number of ether oxygens (including phenoxy) is 1. The van der Waals surface area contributed by atoms with Gasteiger partial charge in [-0.2, -0.15) is 0 Å². The summed E-state index contributed by atoms with van der Waals surface area (Å²) in [5, 5.41) is 0. The van der Waals surface area contributed by atoms with Gasteiger partial charge in [0.1, 0.15) is 10.3 Å². The molecule has 94 valence electrons. The molecule has 1 saturated heterocycles. The first kappa shape index (κ1) is 12.6. The van der Waals surface area contributed by atoms with Gasteiger partial charge in [0.25, 0.3) is 5.56 Å². The molecule has 0 radical (unpaired) electrons. The SMILES string of the molecule is COC1CN(c2nc[nH]c(=O)c2Br)CCC1C. The van der Waals surface area contributed by atoms with E-state index in [9.17, 15) is 4.79 Å². The Morgan fingerprint density at radius 2 is 2.41 bits per heavy atom. The van der Waals surface area contributed by atoms with E-state index in [0.717, 1.165) is 19.5 Å². The largest absolute Gasteiger partial charge is 0.379 e. The van der Waals surface area contributed by atoms with Crippen molar-refractivity contribution in [3.05, 3.63) is 21.2 Å². The van der Waals surface area contributed by atoms with Crippen molar-refractivity contribution >= 4 is 21.7 Å². The van der Waals surface area contributed by atoms with Crippen molar-refractivity contribution in [2.45, 2.75) is 19.4 Å². The molecule has 1 N–H and O–H groups in total. The number of aromatic nitrogens is 2. The van der Waals surface area contributed by atoms with Crippen molar-refractivity contribution in [2.24, 2.45) is 5.92 Å². The summed E-state index contributed by atoms with van der Waals surface area (Å²) >= 11 is 3.28. The molecule has 2 rings (SSSR count). The van der Waals surface area contributed by atoms with Crippen molar-refractivity contribution < 1.29 is 4.74 Å². The van der Waals surface area contributed by atoms with E-state index in [4.69, 9.17) is 4.74 Å². The number of piperidine rings is 1. The van der Waals surface area contributed by atoms with Crippen LogP contribution in [0.15, 0.2) is 15.6 Å². The highest BCUT2D eigenvalue weighted by Gasteiger charge is 2.28. The number of aromatic amines is 1. The molecule has 0 saturated carbocycles. The highest BCUT2D eigenvalue weighted by atomic mass is 79.9. The predicted molar refractivity (Wildman–Crippen MR) is 69.3 cm³/mol. The van der Waals surface area contributed by atoms with Gasteiger partial charge in [0.05, 0.1) is 12.4 Å². The van der Waals surface area contributed by atoms with Gasteiger partial charge in [0, 0.05) is 20.2 Å². The molecule has 0 aliphatic carbocycles. The second-order valence-corrected chi connectivity index (χ2v) is 5.15. The van der Waals surface area contributed by atoms with Crippen LogP contribution >= 0.6 is 15.9 Å². The van der Waals surface area contributed by atoms with Crippen LogP contribution in [0.3, 0.4) is 0 Å². The molecule has 1 aromatic heterocycles. The lowest BCUT2D eigenvalue weighted by Crippen LogP contribution is -2.44. The molecular weight excluding hydrogens is 286 g/mol. The molecule has 5 nitrogen and oxygen atoms in total. The smallest absolute Gasteiger partial charge is 0.267 e. The van der Waals surface area contributed by atoms with Gasteiger partial charge in [-0.25, -0.2) is 4.98 Å². The van der Waals surface area contributed by atoms with Gasteiger partial charge in [0.15, 0.2) is 0 Å². The minimum atomic E-state index is -0.150. The van der Waals surface area contributed by atoms with E-state index < -0.39 is 0 Å². The number of H-pyrrole nitrogens is 1. The van der Waals surface area contributed by atoms with E-state index in [1.807, 2.05) is 0 Å². The Kier molecular flexibility index (Phi) is 3.83. The third kappa shape index (κ3) is 2.52. The number of nitrogens with zero attached hydrogens (tertiary/aromatic N) is 2. The quantitative estimate of drug-likeness (QED) is 0.897. The summed E-state index contributed by atoms with van der Waals surface area (Å²) < 4.78 is 5.94. The Hall–Kier alpha value is -0.880. The summed E-state index contributed by atoms with van der Waals surface area (Å²) in [6, 6.07) is 0. The van der Waals surface area contributed by atoms with Crippen molar-refractivity contribution in [2.75, 3.05) is 25.1 Å². The first-order valence-corrected chi connectivity index (χ1v) is 6.43. The van der Waals surface area contributed by atoms with Gasteiger partial charge in [-0.15, -0.1) is 0 Å². The fourth-order valence-corrected chi connectivity index (χ4v) is 2.59. The molecule has 1 fully saturated rings. The Labute approximate surface area is 108 Å². The lowest BCUT2D eigenvalue weighted by atomic mass is 9.96.